The van der Waals surface area contributed by atoms with E-state index in [1.165, 1.54) is 6.07 Å². The Morgan fingerprint density at radius 3 is 2.03 bits per heavy atom. The number of anilines is 2. The van der Waals surface area contributed by atoms with Crippen LogP contribution in [0, 0.1) is 11.3 Å². The molecule has 0 saturated heterocycles. The van der Waals surface area contributed by atoms with Gasteiger partial charge in [-0.25, -0.2) is 0 Å². The lowest BCUT2D eigenvalue weighted by Gasteiger charge is -2.23. The van der Waals surface area contributed by atoms with Crippen molar-refractivity contribution in [1.82, 2.24) is 0 Å². The van der Waals surface area contributed by atoms with Gasteiger partial charge < -0.3 is 20.5 Å². The zero-order valence-electron chi connectivity index (χ0n) is 16.6. The average Bonchev–Trinajstić information content (AvgIpc) is 2.72. The van der Waals surface area contributed by atoms with Gasteiger partial charge in [-0.05, 0) is 49.4 Å². The van der Waals surface area contributed by atoms with Crippen LogP contribution in [0.1, 0.15) is 18.1 Å². The van der Waals surface area contributed by atoms with Gasteiger partial charge in [-0.2, -0.15) is 31.6 Å². The number of halogens is 6. The Morgan fingerprint density at radius 1 is 0.970 bits per heavy atom. The van der Waals surface area contributed by atoms with Gasteiger partial charge in [0.1, 0.15) is 12.4 Å². The highest BCUT2D eigenvalue weighted by Crippen LogP contribution is 2.33. The average molecular weight is 475 g/mol. The van der Waals surface area contributed by atoms with Gasteiger partial charge >= 0.3 is 18.3 Å². The molecule has 2 amide bonds. The minimum absolute atomic E-state index is 0.0193. The van der Waals surface area contributed by atoms with Crippen molar-refractivity contribution in [3.8, 4) is 11.8 Å². The molecule has 0 saturated carbocycles. The van der Waals surface area contributed by atoms with Crippen LogP contribution in [0.4, 0.5) is 37.7 Å². The van der Waals surface area contributed by atoms with Crippen LogP contribution in [-0.4, -0.2) is 35.3 Å². The lowest BCUT2D eigenvalue weighted by atomic mass is 10.1. The number of amides is 2. The molecule has 0 radical (unpaired) electrons. The van der Waals surface area contributed by atoms with Gasteiger partial charge in [0.15, 0.2) is 5.60 Å². The molecule has 0 aromatic heterocycles. The molecular weight excluding hydrogens is 460 g/mol. The first-order valence-corrected chi connectivity index (χ1v) is 8.90. The summed E-state index contributed by atoms with van der Waals surface area (Å²) in [6.45, 7) is 0.351. The molecule has 0 heterocycles. The monoisotopic (exact) mass is 475 g/mol. The van der Waals surface area contributed by atoms with E-state index >= 15 is 0 Å². The van der Waals surface area contributed by atoms with Crippen molar-refractivity contribution in [1.29, 1.82) is 5.26 Å². The van der Waals surface area contributed by atoms with Crippen LogP contribution in [0.15, 0.2) is 42.5 Å². The summed E-state index contributed by atoms with van der Waals surface area (Å²) in [7, 11) is 0. The van der Waals surface area contributed by atoms with Gasteiger partial charge in [0.25, 0.3) is 5.91 Å². The number of carbonyl (C=O) groups is 2. The first-order chi connectivity index (χ1) is 15.1. The number of nitrogens with zero attached hydrogens (tertiary/aromatic N) is 1. The number of hydrogen-bond acceptors (Lipinski definition) is 5. The van der Waals surface area contributed by atoms with Crippen LogP contribution in [0.5, 0.6) is 5.75 Å². The van der Waals surface area contributed by atoms with Gasteiger partial charge in [0.05, 0.1) is 17.2 Å². The normalized spacial score (nSPS) is 13.4. The van der Waals surface area contributed by atoms with E-state index in [1.807, 2.05) is 0 Å². The van der Waals surface area contributed by atoms with E-state index in [1.54, 1.807) is 5.32 Å². The van der Waals surface area contributed by atoms with Crippen LogP contribution in [0.2, 0.25) is 0 Å². The molecule has 7 nitrogen and oxygen atoms in total. The Hall–Kier alpha value is -3.79. The molecular formula is C20H15F6N3O4. The lowest BCUT2D eigenvalue weighted by Crippen LogP contribution is -2.45. The molecule has 0 spiro atoms. The summed E-state index contributed by atoms with van der Waals surface area (Å²) in [6, 6.07) is 8.35. The fourth-order valence-corrected chi connectivity index (χ4v) is 2.35. The largest absolute Gasteiger partial charge is 0.490 e. The van der Waals surface area contributed by atoms with Crippen molar-refractivity contribution < 1.29 is 45.8 Å². The molecule has 3 N–H and O–H groups in total. The number of nitriles is 1. The molecule has 2 aromatic carbocycles. The molecule has 1 atom stereocenters. The topological polar surface area (TPSA) is 111 Å². The number of nitrogens with one attached hydrogen (secondary N) is 2. The summed E-state index contributed by atoms with van der Waals surface area (Å²) in [5.74, 6) is -3.27. The van der Waals surface area contributed by atoms with E-state index in [9.17, 15) is 41.0 Å². The summed E-state index contributed by atoms with van der Waals surface area (Å²) >= 11 is 0. The third-order valence-electron chi connectivity index (χ3n) is 4.08. The van der Waals surface area contributed by atoms with E-state index in [2.05, 4.69) is 5.32 Å². The molecule has 0 bridgehead atoms. The van der Waals surface area contributed by atoms with Crippen molar-refractivity contribution in [2.75, 3.05) is 17.2 Å². The second kappa shape index (κ2) is 9.37. The highest BCUT2D eigenvalue weighted by atomic mass is 19.4. The quantitative estimate of drug-likeness (QED) is 0.550. The smallest absolute Gasteiger partial charge is 0.471 e. The third-order valence-corrected chi connectivity index (χ3v) is 4.08. The first kappa shape index (κ1) is 25.5. The zero-order valence-corrected chi connectivity index (χ0v) is 16.6. The van der Waals surface area contributed by atoms with Crippen LogP contribution >= 0.6 is 0 Å². The Bertz CT molecular complexity index is 1070. The maximum atomic E-state index is 13.0. The third kappa shape index (κ3) is 6.84. The molecule has 33 heavy (non-hydrogen) atoms. The SMILES string of the molecule is C[C@](O)(COc1ccc(NC(=O)C(F)(F)F)cc1)C(=O)Nc1ccc(C#N)c(C(F)(F)F)c1. The second-order valence-corrected chi connectivity index (χ2v) is 6.86. The molecule has 0 aliphatic rings. The minimum atomic E-state index is -5.07. The Morgan fingerprint density at radius 2 is 1.52 bits per heavy atom. The number of hydrogen-bond donors (Lipinski definition) is 3. The van der Waals surface area contributed by atoms with Crippen molar-refractivity contribution in [3.63, 3.8) is 0 Å². The predicted molar refractivity (Wildman–Crippen MR) is 102 cm³/mol. The number of ether oxygens (including phenoxy) is 1. The van der Waals surface area contributed by atoms with E-state index in [-0.39, 0.29) is 17.1 Å². The van der Waals surface area contributed by atoms with Crippen LogP contribution < -0.4 is 15.4 Å². The van der Waals surface area contributed by atoms with Gasteiger partial charge in [0.2, 0.25) is 0 Å². The van der Waals surface area contributed by atoms with Crippen molar-refractivity contribution in [2.45, 2.75) is 24.9 Å². The highest BCUT2D eigenvalue weighted by Gasteiger charge is 2.39. The first-order valence-electron chi connectivity index (χ1n) is 8.90. The number of rotatable bonds is 6. The number of benzene rings is 2. The molecule has 0 aliphatic carbocycles. The maximum absolute atomic E-state index is 13.0. The van der Waals surface area contributed by atoms with E-state index in [0.29, 0.717) is 6.07 Å². The number of alkyl halides is 6. The summed E-state index contributed by atoms with van der Waals surface area (Å²) in [4.78, 5) is 23.2. The van der Waals surface area contributed by atoms with Crippen LogP contribution in [-0.2, 0) is 15.8 Å². The molecule has 2 aromatic rings. The Labute approximate surface area is 182 Å². The molecule has 13 heteroatoms. The van der Waals surface area contributed by atoms with Crippen LogP contribution in [0.25, 0.3) is 0 Å². The Balaban J connectivity index is 2.03. The van der Waals surface area contributed by atoms with Crippen molar-refractivity contribution in [2.24, 2.45) is 0 Å². The highest BCUT2D eigenvalue weighted by molar-refractivity contribution is 5.97. The standard InChI is InChI=1S/C20H15F6N3O4/c1-18(32,10-33-14-6-4-12(5-7-14)28-17(31)20(24,25)26)16(30)29-13-3-2-11(9-27)15(8-13)19(21,22)23/h2-8,32H,10H2,1H3,(H,28,31)(H,29,30)/t18-/m0/s1. The Kier molecular flexibility index (Phi) is 7.23. The summed E-state index contributed by atoms with van der Waals surface area (Å²) in [6.07, 6.45) is -9.92. The molecule has 0 fully saturated rings. The fraction of sp³-hybridized carbons (Fsp3) is 0.250. The van der Waals surface area contributed by atoms with E-state index < -0.39 is 47.5 Å². The predicted octanol–water partition coefficient (Wildman–Crippen LogP) is 3.85. The van der Waals surface area contributed by atoms with Crippen molar-refractivity contribution in [3.05, 3.63) is 53.6 Å². The summed E-state index contributed by atoms with van der Waals surface area (Å²) < 4.78 is 81.1. The fourth-order valence-electron chi connectivity index (χ4n) is 2.35. The minimum Gasteiger partial charge on any atom is -0.490 e. The number of aliphatic hydroxyl groups is 1. The van der Waals surface area contributed by atoms with E-state index in [4.69, 9.17) is 10.00 Å². The van der Waals surface area contributed by atoms with Gasteiger partial charge in [-0.15, -0.1) is 0 Å². The lowest BCUT2D eigenvalue weighted by molar-refractivity contribution is -0.167. The van der Waals surface area contributed by atoms with Crippen molar-refractivity contribution >= 4 is 23.2 Å². The maximum Gasteiger partial charge on any atom is 0.471 e. The van der Waals surface area contributed by atoms with E-state index in [0.717, 1.165) is 43.3 Å². The molecule has 0 aliphatic heterocycles. The van der Waals surface area contributed by atoms with Gasteiger partial charge in [-0.1, -0.05) is 0 Å². The second-order valence-electron chi connectivity index (χ2n) is 6.86. The zero-order chi connectivity index (χ0) is 25.0. The number of carbonyl (C=O) groups excluding carboxylic acids is 2. The van der Waals surface area contributed by atoms with Gasteiger partial charge in [-0.3, -0.25) is 9.59 Å². The molecule has 2 rings (SSSR count). The summed E-state index contributed by atoms with van der Waals surface area (Å²) in [5.41, 5.74) is -4.65. The molecule has 176 valence electrons. The summed E-state index contributed by atoms with van der Waals surface area (Å²) in [5, 5.41) is 22.8. The molecule has 0 unspecified atom stereocenters. The van der Waals surface area contributed by atoms with Gasteiger partial charge in [0, 0.05) is 11.4 Å². The van der Waals surface area contributed by atoms with Crippen LogP contribution in [0.3, 0.4) is 0 Å².